The predicted octanol–water partition coefficient (Wildman–Crippen LogP) is 1.86. The molecule has 2 heterocycles. The van der Waals surface area contributed by atoms with E-state index in [4.69, 9.17) is 9.47 Å². The van der Waals surface area contributed by atoms with Gasteiger partial charge in [-0.25, -0.2) is 4.98 Å². The third kappa shape index (κ3) is 2.69. The molecule has 1 unspecified atom stereocenters. The Hall–Kier alpha value is -1.83. The van der Waals surface area contributed by atoms with E-state index >= 15 is 0 Å². The molecule has 1 aromatic heterocycles. The van der Waals surface area contributed by atoms with Crippen molar-refractivity contribution in [1.29, 1.82) is 0 Å². The number of carbonyl (C=O) groups excluding carboxylic acids is 1. The fourth-order valence-corrected chi connectivity index (χ4v) is 1.85. The second-order valence-electron chi connectivity index (χ2n) is 4.29. The molecule has 0 saturated carbocycles. The van der Waals surface area contributed by atoms with E-state index in [9.17, 15) is 18.0 Å². The monoisotopic (exact) mass is 290 g/mol. The number of hydrogen-bond donors (Lipinski definition) is 0. The number of amides is 1. The number of rotatable bonds is 3. The number of alkyl halides is 3. The molecule has 1 aromatic rings. The average molecular weight is 290 g/mol. The highest BCUT2D eigenvalue weighted by atomic mass is 19.4. The third-order valence-corrected chi connectivity index (χ3v) is 2.87. The van der Waals surface area contributed by atoms with Crippen LogP contribution in [0, 0.1) is 0 Å². The standard InChI is InChI=1S/C12H13F3N2O3/c1-7-11(18)17(3-4-19-2)9-5-8(12(13,14)15)6-16-10(9)20-7/h5-7H,3-4H2,1-2H3. The van der Waals surface area contributed by atoms with E-state index in [1.165, 1.54) is 18.9 Å². The van der Waals surface area contributed by atoms with Crippen LogP contribution in [0.2, 0.25) is 0 Å². The maximum Gasteiger partial charge on any atom is 0.417 e. The predicted molar refractivity (Wildman–Crippen MR) is 63.6 cm³/mol. The summed E-state index contributed by atoms with van der Waals surface area (Å²) in [6.45, 7) is 1.86. The van der Waals surface area contributed by atoms with Crippen LogP contribution < -0.4 is 9.64 Å². The molecule has 0 aliphatic carbocycles. The molecule has 1 atom stereocenters. The van der Waals surface area contributed by atoms with Gasteiger partial charge in [0.2, 0.25) is 5.88 Å². The molecule has 110 valence electrons. The molecule has 2 rings (SSSR count). The van der Waals surface area contributed by atoms with Crippen molar-refractivity contribution < 1.29 is 27.4 Å². The van der Waals surface area contributed by atoms with Crippen molar-refractivity contribution in [3.8, 4) is 5.88 Å². The number of hydrogen-bond acceptors (Lipinski definition) is 4. The molecule has 0 aromatic carbocycles. The Morgan fingerprint density at radius 1 is 1.50 bits per heavy atom. The van der Waals surface area contributed by atoms with Crippen LogP contribution in [0.15, 0.2) is 12.3 Å². The summed E-state index contributed by atoms with van der Waals surface area (Å²) in [7, 11) is 1.44. The second kappa shape index (κ2) is 5.28. The van der Waals surface area contributed by atoms with Gasteiger partial charge in [-0.05, 0) is 13.0 Å². The molecule has 1 amide bonds. The highest BCUT2D eigenvalue weighted by Crippen LogP contribution is 2.37. The summed E-state index contributed by atoms with van der Waals surface area (Å²) in [5, 5.41) is 0. The van der Waals surface area contributed by atoms with Crippen molar-refractivity contribution in [3.63, 3.8) is 0 Å². The Morgan fingerprint density at radius 3 is 2.80 bits per heavy atom. The topological polar surface area (TPSA) is 51.7 Å². The molecule has 0 radical (unpaired) electrons. The molecule has 0 fully saturated rings. The summed E-state index contributed by atoms with van der Waals surface area (Å²) in [4.78, 5) is 16.8. The van der Waals surface area contributed by atoms with Gasteiger partial charge in [-0.1, -0.05) is 0 Å². The lowest BCUT2D eigenvalue weighted by Crippen LogP contribution is -2.46. The smallest absolute Gasteiger partial charge is 0.417 e. The van der Waals surface area contributed by atoms with E-state index in [0.717, 1.165) is 6.07 Å². The van der Waals surface area contributed by atoms with Crippen molar-refractivity contribution in [2.45, 2.75) is 19.2 Å². The van der Waals surface area contributed by atoms with E-state index in [1.807, 2.05) is 0 Å². The molecule has 0 spiro atoms. The first-order valence-electron chi connectivity index (χ1n) is 5.89. The first-order chi connectivity index (χ1) is 9.34. The molecule has 8 heteroatoms. The molecule has 1 aliphatic heterocycles. The van der Waals surface area contributed by atoms with Crippen molar-refractivity contribution in [1.82, 2.24) is 4.98 Å². The minimum absolute atomic E-state index is 0.0139. The lowest BCUT2D eigenvalue weighted by atomic mass is 10.2. The summed E-state index contributed by atoms with van der Waals surface area (Å²) in [5.41, 5.74) is -0.912. The van der Waals surface area contributed by atoms with Gasteiger partial charge in [-0.15, -0.1) is 0 Å². The average Bonchev–Trinajstić information content (AvgIpc) is 2.38. The second-order valence-corrected chi connectivity index (χ2v) is 4.29. The van der Waals surface area contributed by atoms with Gasteiger partial charge >= 0.3 is 6.18 Å². The zero-order chi connectivity index (χ0) is 14.9. The number of anilines is 1. The summed E-state index contributed by atoms with van der Waals surface area (Å²) in [5.74, 6) is -0.406. The van der Waals surface area contributed by atoms with Gasteiger partial charge in [0.1, 0.15) is 5.69 Å². The van der Waals surface area contributed by atoms with Crippen molar-refractivity contribution in [2.24, 2.45) is 0 Å². The minimum atomic E-state index is -4.53. The molecular weight excluding hydrogens is 277 g/mol. The van der Waals surface area contributed by atoms with Crippen LogP contribution in [0.1, 0.15) is 12.5 Å². The van der Waals surface area contributed by atoms with E-state index < -0.39 is 23.8 Å². The highest BCUT2D eigenvalue weighted by molar-refractivity contribution is 5.99. The first-order valence-corrected chi connectivity index (χ1v) is 5.89. The lowest BCUT2D eigenvalue weighted by Gasteiger charge is -2.32. The van der Waals surface area contributed by atoms with Crippen LogP contribution in [0.5, 0.6) is 5.88 Å². The van der Waals surface area contributed by atoms with E-state index in [-0.39, 0.29) is 24.7 Å². The van der Waals surface area contributed by atoms with Gasteiger partial charge in [-0.2, -0.15) is 13.2 Å². The number of carbonyl (C=O) groups is 1. The van der Waals surface area contributed by atoms with Crippen molar-refractivity contribution >= 4 is 11.6 Å². The lowest BCUT2D eigenvalue weighted by molar-refractivity contribution is -0.138. The van der Waals surface area contributed by atoms with Crippen molar-refractivity contribution in [3.05, 3.63) is 17.8 Å². The Bertz CT molecular complexity index is 519. The largest absolute Gasteiger partial charge is 0.463 e. The first kappa shape index (κ1) is 14.6. The number of halogens is 3. The SMILES string of the molecule is COCCN1C(=O)C(C)Oc2ncc(C(F)(F)F)cc21. The Kier molecular flexibility index (Phi) is 3.85. The molecule has 0 bridgehead atoms. The Morgan fingerprint density at radius 2 is 2.20 bits per heavy atom. The zero-order valence-corrected chi connectivity index (χ0v) is 10.9. The molecule has 20 heavy (non-hydrogen) atoms. The van der Waals surface area contributed by atoms with Crippen LogP contribution in [-0.2, 0) is 15.7 Å². The maximum atomic E-state index is 12.7. The number of pyridine rings is 1. The third-order valence-electron chi connectivity index (χ3n) is 2.87. The quantitative estimate of drug-likeness (QED) is 0.852. The molecular formula is C12H13F3N2O3. The summed E-state index contributed by atoms with van der Waals surface area (Å²) >= 11 is 0. The van der Waals surface area contributed by atoms with Gasteiger partial charge in [0.25, 0.3) is 5.91 Å². The summed E-state index contributed by atoms with van der Waals surface area (Å²) < 4.78 is 48.2. The van der Waals surface area contributed by atoms with Crippen molar-refractivity contribution in [2.75, 3.05) is 25.2 Å². The number of aromatic nitrogens is 1. The molecule has 1 aliphatic rings. The van der Waals surface area contributed by atoms with Crippen LogP contribution in [0.3, 0.4) is 0 Å². The number of nitrogens with zero attached hydrogens (tertiary/aromatic N) is 2. The van der Waals surface area contributed by atoms with Crippen LogP contribution >= 0.6 is 0 Å². The Balaban J connectivity index is 2.43. The number of fused-ring (bicyclic) bond motifs is 1. The zero-order valence-electron chi connectivity index (χ0n) is 10.9. The normalized spacial score (nSPS) is 18.8. The number of ether oxygens (including phenoxy) is 2. The van der Waals surface area contributed by atoms with Gasteiger partial charge in [0.05, 0.1) is 12.2 Å². The van der Waals surface area contributed by atoms with E-state index in [1.54, 1.807) is 0 Å². The Labute approximate surface area is 113 Å². The highest BCUT2D eigenvalue weighted by Gasteiger charge is 2.37. The number of methoxy groups -OCH3 is 1. The maximum absolute atomic E-state index is 12.7. The van der Waals surface area contributed by atoms with Gasteiger partial charge in [-0.3, -0.25) is 4.79 Å². The molecule has 0 N–H and O–H groups in total. The van der Waals surface area contributed by atoms with E-state index in [0.29, 0.717) is 6.20 Å². The van der Waals surface area contributed by atoms with Crippen LogP contribution in [0.25, 0.3) is 0 Å². The fraction of sp³-hybridized carbons (Fsp3) is 0.500. The van der Waals surface area contributed by atoms with Crippen LogP contribution in [-0.4, -0.2) is 37.3 Å². The summed E-state index contributed by atoms with van der Waals surface area (Å²) in [6.07, 6.45) is -4.62. The molecule has 0 saturated heterocycles. The summed E-state index contributed by atoms with van der Waals surface area (Å²) in [6, 6.07) is 0.863. The molecule has 5 nitrogen and oxygen atoms in total. The van der Waals surface area contributed by atoms with E-state index in [2.05, 4.69) is 4.98 Å². The van der Waals surface area contributed by atoms with Gasteiger partial charge < -0.3 is 14.4 Å². The van der Waals surface area contributed by atoms with Gasteiger partial charge in [0, 0.05) is 19.9 Å². The minimum Gasteiger partial charge on any atom is -0.463 e. The fourth-order valence-electron chi connectivity index (χ4n) is 1.85. The van der Waals surface area contributed by atoms with Crippen LogP contribution in [0.4, 0.5) is 18.9 Å². The van der Waals surface area contributed by atoms with Gasteiger partial charge in [0.15, 0.2) is 6.10 Å².